The van der Waals surface area contributed by atoms with Crippen molar-refractivity contribution >= 4 is 39.3 Å². The lowest BCUT2D eigenvalue weighted by Crippen LogP contribution is -2.20. The van der Waals surface area contributed by atoms with E-state index < -0.39 is 5.97 Å². The number of carbonyl (C=O) groups is 3. The van der Waals surface area contributed by atoms with Crippen LogP contribution in [-0.4, -0.2) is 37.2 Å². The molecule has 0 fully saturated rings. The highest BCUT2D eigenvalue weighted by Gasteiger charge is 2.15. The second kappa shape index (κ2) is 9.91. The van der Waals surface area contributed by atoms with Crippen LogP contribution in [0, 0.1) is 0 Å². The molecule has 2 rings (SSSR count). The van der Waals surface area contributed by atoms with Gasteiger partial charge in [0.25, 0.3) is 0 Å². The zero-order valence-corrected chi connectivity index (χ0v) is 15.7. The van der Waals surface area contributed by atoms with Gasteiger partial charge >= 0.3 is 17.9 Å². The number of hydrogen-bond acceptors (Lipinski definition) is 7. The van der Waals surface area contributed by atoms with Crippen LogP contribution in [0.4, 0.5) is 0 Å². The molecule has 26 heavy (non-hydrogen) atoms. The molecule has 1 atom stereocenters. The van der Waals surface area contributed by atoms with Gasteiger partial charge in [-0.2, -0.15) is 0 Å². The van der Waals surface area contributed by atoms with Gasteiger partial charge in [0.05, 0.1) is 13.2 Å². The number of rotatable bonds is 9. The SMILES string of the molecule is CC(=O)OCCC[C@H](CCOC(=O)c1cc2ccccc2s1)OC(C)=O. The Hall–Kier alpha value is -2.41. The molecule has 0 aliphatic heterocycles. The minimum atomic E-state index is -0.390. The summed E-state index contributed by atoms with van der Waals surface area (Å²) in [5, 5.41) is 1.01. The van der Waals surface area contributed by atoms with Gasteiger partial charge in [-0.05, 0) is 30.4 Å². The van der Waals surface area contributed by atoms with E-state index in [0.29, 0.717) is 24.1 Å². The standard InChI is InChI=1S/C19H22O6S/c1-13(20)23-10-5-7-16(25-14(2)21)9-11-24-19(22)18-12-15-6-3-4-8-17(15)26-18/h3-4,6,8,12,16H,5,7,9-11H2,1-2H3/t16-/m1/s1. The maximum Gasteiger partial charge on any atom is 0.348 e. The number of thiophene rings is 1. The molecule has 7 heteroatoms. The van der Waals surface area contributed by atoms with Crippen LogP contribution in [0.1, 0.15) is 42.8 Å². The Morgan fingerprint density at radius 3 is 2.46 bits per heavy atom. The highest BCUT2D eigenvalue weighted by molar-refractivity contribution is 7.20. The van der Waals surface area contributed by atoms with Crippen molar-refractivity contribution in [2.75, 3.05) is 13.2 Å². The molecular formula is C19H22O6S. The number of ether oxygens (including phenoxy) is 3. The lowest BCUT2D eigenvalue weighted by molar-refractivity contribution is -0.148. The summed E-state index contributed by atoms with van der Waals surface area (Å²) in [4.78, 5) is 34.7. The summed E-state index contributed by atoms with van der Waals surface area (Å²) in [5.41, 5.74) is 0. The van der Waals surface area contributed by atoms with Crippen LogP contribution in [0.5, 0.6) is 0 Å². The predicted octanol–water partition coefficient (Wildman–Crippen LogP) is 3.72. The molecule has 0 saturated carbocycles. The zero-order chi connectivity index (χ0) is 18.9. The van der Waals surface area contributed by atoms with Crippen molar-refractivity contribution in [1.82, 2.24) is 0 Å². The van der Waals surface area contributed by atoms with E-state index in [4.69, 9.17) is 14.2 Å². The Morgan fingerprint density at radius 1 is 1.00 bits per heavy atom. The smallest absolute Gasteiger partial charge is 0.348 e. The van der Waals surface area contributed by atoms with E-state index in [1.807, 2.05) is 30.3 Å². The van der Waals surface area contributed by atoms with Crippen molar-refractivity contribution in [2.24, 2.45) is 0 Å². The molecule has 0 spiro atoms. The summed E-state index contributed by atoms with van der Waals surface area (Å²) >= 11 is 1.39. The van der Waals surface area contributed by atoms with E-state index in [-0.39, 0.29) is 31.3 Å². The summed E-state index contributed by atoms with van der Waals surface area (Å²) in [6, 6.07) is 9.56. The molecule has 0 aliphatic rings. The summed E-state index contributed by atoms with van der Waals surface area (Å²) < 4.78 is 16.4. The first kappa shape index (κ1) is 19.9. The van der Waals surface area contributed by atoms with Gasteiger partial charge in [0.15, 0.2) is 0 Å². The van der Waals surface area contributed by atoms with Gasteiger partial charge < -0.3 is 14.2 Å². The van der Waals surface area contributed by atoms with Crippen LogP contribution >= 0.6 is 11.3 Å². The van der Waals surface area contributed by atoms with Crippen LogP contribution < -0.4 is 0 Å². The van der Waals surface area contributed by atoms with Crippen molar-refractivity contribution in [3.8, 4) is 0 Å². The van der Waals surface area contributed by atoms with Crippen molar-refractivity contribution < 1.29 is 28.6 Å². The lowest BCUT2D eigenvalue weighted by Gasteiger charge is -2.16. The fourth-order valence-electron chi connectivity index (χ4n) is 2.46. The van der Waals surface area contributed by atoms with Gasteiger partial charge in [0.2, 0.25) is 0 Å². The third-order valence-corrected chi connectivity index (χ3v) is 4.70. The molecule has 0 saturated heterocycles. The lowest BCUT2D eigenvalue weighted by atomic mass is 10.1. The molecule has 0 radical (unpaired) electrons. The van der Waals surface area contributed by atoms with Crippen molar-refractivity contribution in [2.45, 2.75) is 39.2 Å². The average molecular weight is 378 g/mol. The highest BCUT2D eigenvalue weighted by atomic mass is 32.1. The summed E-state index contributed by atoms with van der Waals surface area (Å²) in [6.07, 6.45) is 1.13. The van der Waals surface area contributed by atoms with E-state index in [1.54, 1.807) is 0 Å². The second-order valence-corrected chi connectivity index (χ2v) is 6.87. The van der Waals surface area contributed by atoms with Crippen molar-refractivity contribution in [3.05, 3.63) is 35.2 Å². The molecule has 1 aromatic carbocycles. The van der Waals surface area contributed by atoms with E-state index in [9.17, 15) is 14.4 Å². The first-order valence-corrected chi connectivity index (χ1v) is 9.23. The number of esters is 3. The van der Waals surface area contributed by atoms with E-state index in [0.717, 1.165) is 10.1 Å². The van der Waals surface area contributed by atoms with Gasteiger partial charge in [0.1, 0.15) is 11.0 Å². The molecule has 1 aromatic heterocycles. The summed E-state index contributed by atoms with van der Waals surface area (Å²) in [7, 11) is 0. The third kappa shape index (κ3) is 6.48. The number of hydrogen-bond donors (Lipinski definition) is 0. The molecule has 0 aliphatic carbocycles. The van der Waals surface area contributed by atoms with E-state index in [1.165, 1.54) is 25.2 Å². The Morgan fingerprint density at radius 2 is 1.77 bits per heavy atom. The third-order valence-electron chi connectivity index (χ3n) is 3.61. The van der Waals surface area contributed by atoms with Crippen LogP contribution in [0.15, 0.2) is 30.3 Å². The first-order chi connectivity index (χ1) is 12.5. The Labute approximate surface area is 156 Å². The van der Waals surface area contributed by atoms with E-state index in [2.05, 4.69) is 0 Å². The monoisotopic (exact) mass is 378 g/mol. The molecular weight excluding hydrogens is 356 g/mol. The van der Waals surface area contributed by atoms with Crippen LogP contribution in [-0.2, 0) is 23.8 Å². The second-order valence-electron chi connectivity index (χ2n) is 5.79. The summed E-state index contributed by atoms with van der Waals surface area (Å²) in [5.74, 6) is -1.11. The highest BCUT2D eigenvalue weighted by Crippen LogP contribution is 2.25. The van der Waals surface area contributed by atoms with Crippen molar-refractivity contribution in [3.63, 3.8) is 0 Å². The maximum atomic E-state index is 12.2. The first-order valence-electron chi connectivity index (χ1n) is 8.42. The fraction of sp³-hybridized carbons (Fsp3) is 0.421. The molecule has 2 aromatic rings. The number of carbonyl (C=O) groups excluding carboxylic acids is 3. The molecule has 0 bridgehead atoms. The molecule has 1 heterocycles. The number of fused-ring (bicyclic) bond motifs is 1. The van der Waals surface area contributed by atoms with Gasteiger partial charge in [-0.1, -0.05) is 18.2 Å². The Balaban J connectivity index is 1.80. The number of benzene rings is 1. The Bertz CT molecular complexity index is 733. The molecule has 140 valence electrons. The molecule has 6 nitrogen and oxygen atoms in total. The molecule has 0 N–H and O–H groups in total. The zero-order valence-electron chi connectivity index (χ0n) is 14.9. The van der Waals surface area contributed by atoms with Gasteiger partial charge in [0, 0.05) is 25.0 Å². The van der Waals surface area contributed by atoms with Crippen LogP contribution in [0.25, 0.3) is 10.1 Å². The maximum absolute atomic E-state index is 12.2. The van der Waals surface area contributed by atoms with Crippen molar-refractivity contribution in [1.29, 1.82) is 0 Å². The Kier molecular flexibility index (Phi) is 7.59. The van der Waals surface area contributed by atoms with Crippen LogP contribution in [0.2, 0.25) is 0 Å². The topological polar surface area (TPSA) is 78.9 Å². The average Bonchev–Trinajstić information content (AvgIpc) is 3.02. The quantitative estimate of drug-likeness (QED) is 0.376. The van der Waals surface area contributed by atoms with Gasteiger partial charge in [-0.15, -0.1) is 11.3 Å². The van der Waals surface area contributed by atoms with Crippen LogP contribution in [0.3, 0.4) is 0 Å². The molecule has 0 unspecified atom stereocenters. The minimum Gasteiger partial charge on any atom is -0.466 e. The largest absolute Gasteiger partial charge is 0.466 e. The fourth-order valence-corrected chi connectivity index (χ4v) is 3.42. The summed E-state index contributed by atoms with van der Waals surface area (Å²) in [6.45, 7) is 3.10. The minimum absolute atomic E-state index is 0.151. The van der Waals surface area contributed by atoms with E-state index >= 15 is 0 Å². The van der Waals surface area contributed by atoms with Gasteiger partial charge in [-0.25, -0.2) is 4.79 Å². The predicted molar refractivity (Wildman–Crippen MR) is 98.1 cm³/mol. The molecule has 0 amide bonds. The van der Waals surface area contributed by atoms with Gasteiger partial charge in [-0.3, -0.25) is 9.59 Å². The normalized spacial score (nSPS) is 11.8.